The average molecular weight is 404 g/mol. The van der Waals surface area contributed by atoms with Gasteiger partial charge in [0, 0.05) is 12.3 Å². The standard InChI is InChI=1S/C15H24N4O7S/c1-7(16)12(22)17-8(5-11(20)21)14(24)19-4-2-3-10(19)13(23)18-9(6-27)15(25)26/h7-10,27H,2-6,16H2,1H3,(H,17,22)(H,18,23)(H,20,21)(H,25,26). The Balaban J connectivity index is 2.92. The number of carboxylic acids is 2. The van der Waals surface area contributed by atoms with E-state index in [9.17, 15) is 24.0 Å². The second-order valence-electron chi connectivity index (χ2n) is 6.22. The molecule has 4 unspecified atom stereocenters. The van der Waals surface area contributed by atoms with E-state index >= 15 is 0 Å². The van der Waals surface area contributed by atoms with Crippen molar-refractivity contribution in [2.75, 3.05) is 12.3 Å². The summed E-state index contributed by atoms with van der Waals surface area (Å²) in [5, 5.41) is 22.6. The van der Waals surface area contributed by atoms with Crippen molar-refractivity contribution in [1.82, 2.24) is 15.5 Å². The van der Waals surface area contributed by atoms with Gasteiger partial charge in [-0.2, -0.15) is 12.6 Å². The molecule has 4 atom stereocenters. The third kappa shape index (κ3) is 6.40. The number of nitrogens with one attached hydrogen (secondary N) is 2. The van der Waals surface area contributed by atoms with Gasteiger partial charge in [0.1, 0.15) is 18.1 Å². The summed E-state index contributed by atoms with van der Waals surface area (Å²) in [4.78, 5) is 60.1. The molecule has 27 heavy (non-hydrogen) atoms. The van der Waals surface area contributed by atoms with Gasteiger partial charge in [-0.25, -0.2) is 4.79 Å². The number of carboxylic acid groups (broad SMARTS) is 2. The molecule has 1 saturated heterocycles. The predicted molar refractivity (Wildman–Crippen MR) is 96.0 cm³/mol. The van der Waals surface area contributed by atoms with E-state index in [0.29, 0.717) is 6.42 Å². The molecule has 0 aromatic heterocycles. The van der Waals surface area contributed by atoms with Crippen LogP contribution in [0.2, 0.25) is 0 Å². The van der Waals surface area contributed by atoms with E-state index < -0.39 is 60.2 Å². The van der Waals surface area contributed by atoms with Crippen molar-refractivity contribution in [1.29, 1.82) is 0 Å². The van der Waals surface area contributed by atoms with Crippen LogP contribution in [-0.4, -0.2) is 81.2 Å². The molecule has 0 spiro atoms. The van der Waals surface area contributed by atoms with Crippen LogP contribution in [0.15, 0.2) is 0 Å². The molecule has 0 aliphatic carbocycles. The first-order valence-corrected chi connectivity index (χ1v) is 8.94. The Hall–Kier alpha value is -2.34. The third-order valence-corrected chi connectivity index (χ3v) is 4.41. The second-order valence-corrected chi connectivity index (χ2v) is 6.58. The van der Waals surface area contributed by atoms with E-state index in [1.807, 2.05) is 0 Å². The van der Waals surface area contributed by atoms with Crippen LogP contribution in [-0.2, 0) is 24.0 Å². The number of hydrogen-bond acceptors (Lipinski definition) is 7. The lowest BCUT2D eigenvalue weighted by atomic mass is 10.1. The number of aliphatic carboxylic acids is 2. The quantitative estimate of drug-likeness (QED) is 0.234. The van der Waals surface area contributed by atoms with Crippen molar-refractivity contribution < 1.29 is 34.2 Å². The van der Waals surface area contributed by atoms with E-state index in [4.69, 9.17) is 15.9 Å². The lowest BCUT2D eigenvalue weighted by Crippen LogP contribution is -2.57. The van der Waals surface area contributed by atoms with Gasteiger partial charge in [-0.3, -0.25) is 19.2 Å². The first kappa shape index (κ1) is 22.7. The smallest absolute Gasteiger partial charge is 0.327 e. The molecule has 0 bridgehead atoms. The number of nitrogens with zero attached hydrogens (tertiary/aromatic N) is 1. The fourth-order valence-corrected chi connectivity index (χ4v) is 2.88. The zero-order valence-corrected chi connectivity index (χ0v) is 15.6. The van der Waals surface area contributed by atoms with Crippen LogP contribution < -0.4 is 16.4 Å². The summed E-state index contributed by atoms with van der Waals surface area (Å²) < 4.78 is 0. The maximum absolute atomic E-state index is 12.7. The number of rotatable bonds is 9. The first-order chi connectivity index (χ1) is 12.6. The third-order valence-electron chi connectivity index (χ3n) is 4.04. The SMILES string of the molecule is CC(N)C(=O)NC(CC(=O)O)C(=O)N1CCCC1C(=O)NC(CS)C(=O)O. The van der Waals surface area contributed by atoms with Crippen molar-refractivity contribution in [2.45, 2.75) is 50.4 Å². The second kappa shape index (κ2) is 10.1. The van der Waals surface area contributed by atoms with Crippen molar-refractivity contribution in [2.24, 2.45) is 5.73 Å². The van der Waals surface area contributed by atoms with Gasteiger partial charge in [-0.15, -0.1) is 0 Å². The molecule has 1 rings (SSSR count). The van der Waals surface area contributed by atoms with Gasteiger partial charge in [0.15, 0.2) is 0 Å². The lowest BCUT2D eigenvalue weighted by Gasteiger charge is -2.29. The van der Waals surface area contributed by atoms with Crippen molar-refractivity contribution in [3.63, 3.8) is 0 Å². The molecule has 0 aromatic rings. The Morgan fingerprint density at radius 3 is 2.30 bits per heavy atom. The molecule has 0 saturated carbocycles. The molecule has 6 N–H and O–H groups in total. The monoisotopic (exact) mass is 404 g/mol. The molecule has 1 aliphatic heterocycles. The summed E-state index contributed by atoms with van der Waals surface area (Å²) >= 11 is 3.86. The number of carbonyl (C=O) groups excluding carboxylic acids is 3. The van der Waals surface area contributed by atoms with E-state index in [1.54, 1.807) is 0 Å². The van der Waals surface area contributed by atoms with Crippen LogP contribution in [0.1, 0.15) is 26.2 Å². The minimum atomic E-state index is -1.38. The van der Waals surface area contributed by atoms with Gasteiger partial charge < -0.3 is 31.5 Å². The molecular weight excluding hydrogens is 380 g/mol. The first-order valence-electron chi connectivity index (χ1n) is 8.30. The number of amides is 3. The summed E-state index contributed by atoms with van der Waals surface area (Å²) in [5.41, 5.74) is 5.43. The van der Waals surface area contributed by atoms with Gasteiger partial charge in [0.25, 0.3) is 0 Å². The topological polar surface area (TPSA) is 179 Å². The van der Waals surface area contributed by atoms with Crippen LogP contribution in [0.5, 0.6) is 0 Å². The van der Waals surface area contributed by atoms with Gasteiger partial charge in [-0.05, 0) is 19.8 Å². The maximum atomic E-state index is 12.7. The molecular formula is C15H24N4O7S. The minimum absolute atomic E-state index is 0.131. The van der Waals surface area contributed by atoms with Gasteiger partial charge in [0.2, 0.25) is 17.7 Å². The van der Waals surface area contributed by atoms with Gasteiger partial charge in [0.05, 0.1) is 12.5 Å². The summed E-state index contributed by atoms with van der Waals surface area (Å²) in [6.07, 6.45) is 0.0947. The predicted octanol–water partition coefficient (Wildman–Crippen LogP) is -2.22. The largest absolute Gasteiger partial charge is 0.481 e. The Morgan fingerprint density at radius 1 is 1.19 bits per heavy atom. The van der Waals surface area contributed by atoms with Crippen LogP contribution >= 0.6 is 12.6 Å². The number of thiol groups is 1. The summed E-state index contributed by atoms with van der Waals surface area (Å²) in [5.74, 6) is -4.80. The van der Waals surface area contributed by atoms with Crippen LogP contribution in [0.25, 0.3) is 0 Å². The molecule has 1 heterocycles. The Morgan fingerprint density at radius 2 is 1.81 bits per heavy atom. The number of carbonyl (C=O) groups is 5. The normalized spacial score (nSPS) is 19.7. The highest BCUT2D eigenvalue weighted by atomic mass is 32.1. The Labute approximate surface area is 161 Å². The van der Waals surface area contributed by atoms with Gasteiger partial charge >= 0.3 is 11.9 Å². The molecule has 0 aromatic carbocycles. The van der Waals surface area contributed by atoms with E-state index in [1.165, 1.54) is 6.92 Å². The highest BCUT2D eigenvalue weighted by Crippen LogP contribution is 2.19. The van der Waals surface area contributed by atoms with Crippen molar-refractivity contribution in [3.05, 3.63) is 0 Å². The van der Waals surface area contributed by atoms with Gasteiger partial charge in [-0.1, -0.05) is 0 Å². The number of hydrogen-bond donors (Lipinski definition) is 6. The fraction of sp³-hybridized carbons (Fsp3) is 0.667. The highest BCUT2D eigenvalue weighted by Gasteiger charge is 2.39. The highest BCUT2D eigenvalue weighted by molar-refractivity contribution is 7.80. The Kier molecular flexibility index (Phi) is 8.50. The summed E-state index contributed by atoms with van der Waals surface area (Å²) in [6.45, 7) is 1.56. The van der Waals surface area contributed by atoms with Crippen LogP contribution in [0, 0.1) is 0 Å². The van der Waals surface area contributed by atoms with Crippen molar-refractivity contribution in [3.8, 4) is 0 Å². The Bertz CT molecular complexity index is 613. The number of likely N-dealkylation sites (tertiary alicyclic amines) is 1. The maximum Gasteiger partial charge on any atom is 0.327 e. The van der Waals surface area contributed by atoms with Crippen molar-refractivity contribution >= 4 is 42.3 Å². The zero-order valence-electron chi connectivity index (χ0n) is 14.8. The average Bonchev–Trinajstić information content (AvgIpc) is 3.06. The van der Waals surface area contributed by atoms with E-state index in [0.717, 1.165) is 4.90 Å². The molecule has 3 amide bonds. The summed E-state index contributed by atoms with van der Waals surface area (Å²) in [6, 6.07) is -4.50. The molecule has 152 valence electrons. The molecule has 0 radical (unpaired) electrons. The lowest BCUT2D eigenvalue weighted by molar-refractivity contribution is -0.147. The molecule has 1 aliphatic rings. The minimum Gasteiger partial charge on any atom is -0.481 e. The van der Waals surface area contributed by atoms with E-state index in [-0.39, 0.29) is 18.7 Å². The van der Waals surface area contributed by atoms with Crippen LogP contribution in [0.3, 0.4) is 0 Å². The number of nitrogens with two attached hydrogens (primary N) is 1. The molecule has 1 fully saturated rings. The van der Waals surface area contributed by atoms with Crippen LogP contribution in [0.4, 0.5) is 0 Å². The zero-order chi connectivity index (χ0) is 20.7. The molecule has 11 nitrogen and oxygen atoms in total. The summed E-state index contributed by atoms with van der Waals surface area (Å²) in [7, 11) is 0. The molecule has 12 heteroatoms. The fourth-order valence-electron chi connectivity index (χ4n) is 2.63. The van der Waals surface area contributed by atoms with E-state index in [2.05, 4.69) is 23.3 Å².